The molecule has 0 aliphatic carbocycles. The highest BCUT2D eigenvalue weighted by Gasteiger charge is 2.08. The van der Waals surface area contributed by atoms with Gasteiger partial charge < -0.3 is 0 Å². The Hall–Kier alpha value is -2.03. The summed E-state index contributed by atoms with van der Waals surface area (Å²) in [6, 6.07) is 9.25. The van der Waals surface area contributed by atoms with Crippen molar-refractivity contribution in [2.24, 2.45) is 0 Å². The molecule has 0 saturated heterocycles. The Balaban J connectivity index is 2.52. The minimum absolute atomic E-state index is 0.347. The molecule has 0 amide bonds. The van der Waals surface area contributed by atoms with Gasteiger partial charge in [-0.3, -0.25) is 4.79 Å². The lowest BCUT2D eigenvalue weighted by Gasteiger charge is -2.07. The van der Waals surface area contributed by atoms with Crippen LogP contribution in [0.5, 0.6) is 0 Å². The smallest absolute Gasteiger partial charge is 0.160 e. The number of carbonyl (C=O) groups is 1. The normalized spacial score (nSPS) is 10.5. The van der Waals surface area contributed by atoms with Gasteiger partial charge in [0.05, 0.1) is 0 Å². The topological polar surface area (TPSA) is 42.9 Å². The van der Waals surface area contributed by atoms with Crippen LogP contribution in [0.2, 0.25) is 0 Å². The number of carbonyl (C=O) groups excluding carboxylic acids is 1. The molecule has 0 saturated carbocycles. The molecule has 17 heavy (non-hydrogen) atoms. The van der Waals surface area contributed by atoms with Crippen molar-refractivity contribution in [2.45, 2.75) is 19.8 Å². The highest BCUT2D eigenvalue weighted by molar-refractivity contribution is 5.85. The monoisotopic (exact) mass is 226 g/mol. The summed E-state index contributed by atoms with van der Waals surface area (Å²) in [5.41, 5.74) is 2.38. The molecule has 0 spiro atoms. The Morgan fingerprint density at radius 3 is 2.65 bits per heavy atom. The number of aldehydes is 1. The number of nitrogens with zero attached hydrogens (tertiary/aromatic N) is 2. The fourth-order valence-electron chi connectivity index (χ4n) is 1.63. The van der Waals surface area contributed by atoms with E-state index in [-0.39, 0.29) is 0 Å². The van der Waals surface area contributed by atoms with Crippen molar-refractivity contribution < 1.29 is 4.79 Å². The SMILES string of the molecule is CC(C)c1ccnc(-c2ccccc2C=O)n1. The molecule has 1 heterocycles. The van der Waals surface area contributed by atoms with Crippen molar-refractivity contribution in [1.82, 2.24) is 9.97 Å². The zero-order valence-corrected chi connectivity index (χ0v) is 9.92. The van der Waals surface area contributed by atoms with E-state index in [2.05, 4.69) is 23.8 Å². The zero-order valence-electron chi connectivity index (χ0n) is 9.92. The summed E-state index contributed by atoms with van der Waals surface area (Å²) < 4.78 is 0. The first-order valence-corrected chi connectivity index (χ1v) is 5.60. The maximum Gasteiger partial charge on any atom is 0.160 e. The molecule has 3 heteroatoms. The summed E-state index contributed by atoms with van der Waals surface area (Å²) >= 11 is 0. The van der Waals surface area contributed by atoms with Crippen LogP contribution in [0.1, 0.15) is 35.8 Å². The molecule has 2 aromatic rings. The lowest BCUT2D eigenvalue weighted by atomic mass is 10.1. The van der Waals surface area contributed by atoms with Crippen molar-refractivity contribution in [1.29, 1.82) is 0 Å². The Morgan fingerprint density at radius 1 is 1.18 bits per heavy atom. The molecule has 0 unspecified atom stereocenters. The first kappa shape index (κ1) is 11.5. The van der Waals surface area contributed by atoms with Crippen LogP contribution in [0, 0.1) is 0 Å². The van der Waals surface area contributed by atoms with Crippen LogP contribution in [-0.2, 0) is 0 Å². The maximum atomic E-state index is 11.0. The van der Waals surface area contributed by atoms with Gasteiger partial charge >= 0.3 is 0 Å². The van der Waals surface area contributed by atoms with E-state index in [9.17, 15) is 4.79 Å². The summed E-state index contributed by atoms with van der Waals surface area (Å²) in [5.74, 6) is 0.957. The first-order valence-electron chi connectivity index (χ1n) is 5.60. The van der Waals surface area contributed by atoms with Gasteiger partial charge in [0.1, 0.15) is 0 Å². The molecule has 1 aromatic carbocycles. The second-order valence-corrected chi connectivity index (χ2v) is 4.16. The molecule has 86 valence electrons. The van der Waals surface area contributed by atoms with Crippen LogP contribution in [0.25, 0.3) is 11.4 Å². The highest BCUT2D eigenvalue weighted by Crippen LogP contribution is 2.20. The van der Waals surface area contributed by atoms with Crippen LogP contribution in [0.4, 0.5) is 0 Å². The average molecular weight is 226 g/mol. The Bertz CT molecular complexity index is 535. The van der Waals surface area contributed by atoms with E-state index in [4.69, 9.17) is 0 Å². The quantitative estimate of drug-likeness (QED) is 0.755. The van der Waals surface area contributed by atoms with E-state index in [1.165, 1.54) is 0 Å². The summed E-state index contributed by atoms with van der Waals surface area (Å²) in [4.78, 5) is 19.7. The van der Waals surface area contributed by atoms with E-state index in [0.29, 0.717) is 17.3 Å². The Morgan fingerprint density at radius 2 is 1.94 bits per heavy atom. The minimum Gasteiger partial charge on any atom is -0.298 e. The number of aromatic nitrogens is 2. The molecule has 0 aliphatic rings. The van der Waals surface area contributed by atoms with Gasteiger partial charge in [0.25, 0.3) is 0 Å². The molecular formula is C14H14N2O. The number of hydrogen-bond acceptors (Lipinski definition) is 3. The summed E-state index contributed by atoms with van der Waals surface area (Å²) in [6.45, 7) is 4.16. The third-order valence-electron chi connectivity index (χ3n) is 2.60. The minimum atomic E-state index is 0.347. The predicted octanol–water partition coefficient (Wildman–Crippen LogP) is 3.08. The number of hydrogen-bond donors (Lipinski definition) is 0. The molecule has 1 aromatic heterocycles. The summed E-state index contributed by atoms with van der Waals surface area (Å²) in [7, 11) is 0. The van der Waals surface area contributed by atoms with Gasteiger partial charge in [-0.1, -0.05) is 38.1 Å². The lowest BCUT2D eigenvalue weighted by Crippen LogP contribution is -1.98. The first-order chi connectivity index (χ1) is 8.22. The van der Waals surface area contributed by atoms with Gasteiger partial charge in [-0.15, -0.1) is 0 Å². The van der Waals surface area contributed by atoms with Crippen LogP contribution in [-0.4, -0.2) is 16.3 Å². The molecule has 0 bridgehead atoms. The van der Waals surface area contributed by atoms with Crippen molar-refractivity contribution in [2.75, 3.05) is 0 Å². The highest BCUT2D eigenvalue weighted by atomic mass is 16.1. The van der Waals surface area contributed by atoms with Gasteiger partial charge in [0, 0.05) is 23.0 Å². The average Bonchev–Trinajstić information content (AvgIpc) is 2.39. The van der Waals surface area contributed by atoms with Crippen LogP contribution in [0.3, 0.4) is 0 Å². The molecule has 3 nitrogen and oxygen atoms in total. The fourth-order valence-corrected chi connectivity index (χ4v) is 1.63. The Kier molecular flexibility index (Phi) is 3.28. The largest absolute Gasteiger partial charge is 0.298 e. The van der Waals surface area contributed by atoms with Crippen molar-refractivity contribution in [3.63, 3.8) is 0 Å². The van der Waals surface area contributed by atoms with E-state index >= 15 is 0 Å². The number of rotatable bonds is 3. The maximum absolute atomic E-state index is 11.0. The summed E-state index contributed by atoms with van der Waals surface area (Å²) in [6.07, 6.45) is 2.57. The third kappa shape index (κ3) is 2.38. The van der Waals surface area contributed by atoms with Crippen molar-refractivity contribution >= 4 is 6.29 Å². The van der Waals surface area contributed by atoms with E-state index < -0.39 is 0 Å². The molecule has 0 aliphatic heterocycles. The van der Waals surface area contributed by atoms with Crippen molar-refractivity contribution in [3.8, 4) is 11.4 Å². The molecule has 0 fully saturated rings. The fraction of sp³-hybridized carbons (Fsp3) is 0.214. The van der Waals surface area contributed by atoms with Gasteiger partial charge in [0.15, 0.2) is 12.1 Å². The standard InChI is InChI=1S/C14H14N2O/c1-10(2)13-7-8-15-14(16-13)12-6-4-3-5-11(12)9-17/h3-10H,1-2H3. The predicted molar refractivity (Wildman–Crippen MR) is 66.9 cm³/mol. The van der Waals surface area contributed by atoms with E-state index in [1.54, 1.807) is 12.3 Å². The second kappa shape index (κ2) is 4.87. The third-order valence-corrected chi connectivity index (χ3v) is 2.60. The zero-order chi connectivity index (χ0) is 12.3. The second-order valence-electron chi connectivity index (χ2n) is 4.16. The van der Waals surface area contributed by atoms with Gasteiger partial charge in [-0.05, 0) is 12.0 Å². The molecular weight excluding hydrogens is 212 g/mol. The summed E-state index contributed by atoms with van der Waals surface area (Å²) in [5, 5.41) is 0. The molecule has 0 N–H and O–H groups in total. The van der Waals surface area contributed by atoms with Crippen LogP contribution in [0.15, 0.2) is 36.5 Å². The lowest BCUT2D eigenvalue weighted by molar-refractivity contribution is 0.112. The van der Waals surface area contributed by atoms with Gasteiger partial charge in [-0.2, -0.15) is 0 Å². The Labute approximate surface area is 101 Å². The van der Waals surface area contributed by atoms with Gasteiger partial charge in [0.2, 0.25) is 0 Å². The molecule has 0 radical (unpaired) electrons. The van der Waals surface area contributed by atoms with Crippen LogP contribution >= 0.6 is 0 Å². The van der Waals surface area contributed by atoms with Crippen LogP contribution < -0.4 is 0 Å². The molecule has 2 rings (SSSR count). The number of benzene rings is 1. The van der Waals surface area contributed by atoms with E-state index in [1.807, 2.05) is 24.3 Å². The van der Waals surface area contributed by atoms with Gasteiger partial charge in [-0.25, -0.2) is 9.97 Å². The van der Waals surface area contributed by atoms with Crippen molar-refractivity contribution in [3.05, 3.63) is 47.8 Å². The molecule has 0 atom stereocenters. The van der Waals surface area contributed by atoms with E-state index in [0.717, 1.165) is 17.5 Å².